The second-order valence-corrected chi connectivity index (χ2v) is 4.82. The van der Waals surface area contributed by atoms with Crippen molar-refractivity contribution in [3.05, 3.63) is 11.8 Å². The number of rotatable bonds is 2. The molecule has 1 saturated heterocycles. The molecular weight excluding hydrogens is 190 g/mol. The first-order chi connectivity index (χ1) is 7.09. The van der Waals surface area contributed by atoms with Crippen LogP contribution in [0.1, 0.15) is 25.3 Å². The van der Waals surface area contributed by atoms with Crippen LogP contribution in [0.3, 0.4) is 0 Å². The first-order valence-electron chi connectivity index (χ1n) is 5.46. The lowest BCUT2D eigenvalue weighted by Gasteiger charge is -2.33. The number of aromatic nitrogens is 2. The van der Waals surface area contributed by atoms with E-state index in [4.69, 9.17) is 10.5 Å². The molecule has 84 valence electrons. The van der Waals surface area contributed by atoms with Gasteiger partial charge in [-0.1, -0.05) is 6.92 Å². The van der Waals surface area contributed by atoms with Gasteiger partial charge in [0.25, 0.3) is 0 Å². The number of hydrogen-bond acceptors (Lipinski definition) is 3. The predicted molar refractivity (Wildman–Crippen MR) is 59.5 cm³/mol. The molecule has 1 fully saturated rings. The summed E-state index contributed by atoms with van der Waals surface area (Å²) in [5, 5.41) is 4.30. The zero-order chi connectivity index (χ0) is 10.9. The Bertz CT molecular complexity index is 320. The molecule has 0 unspecified atom stereocenters. The Balaban J connectivity index is 2.06. The molecule has 0 aromatic carbocycles. The fourth-order valence-corrected chi connectivity index (χ4v) is 2.03. The van der Waals surface area contributed by atoms with Gasteiger partial charge >= 0.3 is 0 Å². The molecule has 0 saturated carbocycles. The highest BCUT2D eigenvalue weighted by Crippen LogP contribution is 2.31. The molecule has 4 heteroatoms. The van der Waals surface area contributed by atoms with Crippen LogP contribution in [-0.4, -0.2) is 23.0 Å². The van der Waals surface area contributed by atoms with Crippen LogP contribution in [0.2, 0.25) is 0 Å². The summed E-state index contributed by atoms with van der Waals surface area (Å²) in [5.74, 6) is 0.644. The molecule has 2 heterocycles. The minimum Gasteiger partial charge on any atom is -0.382 e. The van der Waals surface area contributed by atoms with Crippen molar-refractivity contribution in [1.82, 2.24) is 9.78 Å². The standard InChI is InChI=1S/C11H19N3O/c1-9-7-14(13-10(9)12)8-11(2)3-5-15-6-4-11/h7H,3-6,8H2,1-2H3,(H2,12,13). The smallest absolute Gasteiger partial charge is 0.148 e. The van der Waals surface area contributed by atoms with Gasteiger partial charge in [-0.25, -0.2) is 0 Å². The van der Waals surface area contributed by atoms with Gasteiger partial charge in [-0.15, -0.1) is 0 Å². The molecule has 1 aromatic rings. The Morgan fingerprint density at radius 1 is 1.53 bits per heavy atom. The second kappa shape index (κ2) is 3.85. The average Bonchev–Trinajstić information content (AvgIpc) is 2.46. The highest BCUT2D eigenvalue weighted by Gasteiger charge is 2.28. The van der Waals surface area contributed by atoms with E-state index in [0.29, 0.717) is 11.2 Å². The van der Waals surface area contributed by atoms with E-state index in [-0.39, 0.29) is 0 Å². The van der Waals surface area contributed by atoms with Gasteiger partial charge < -0.3 is 10.5 Å². The minimum atomic E-state index is 0.309. The normalized spacial score (nSPS) is 20.4. The fourth-order valence-electron chi connectivity index (χ4n) is 2.03. The molecule has 2 rings (SSSR count). The third kappa shape index (κ3) is 2.31. The summed E-state index contributed by atoms with van der Waals surface area (Å²) in [6.07, 6.45) is 4.23. The van der Waals surface area contributed by atoms with Crippen molar-refractivity contribution in [3.63, 3.8) is 0 Å². The van der Waals surface area contributed by atoms with Crippen LogP contribution < -0.4 is 5.73 Å². The van der Waals surface area contributed by atoms with E-state index in [2.05, 4.69) is 12.0 Å². The molecule has 0 amide bonds. The van der Waals surface area contributed by atoms with Crippen molar-refractivity contribution >= 4 is 5.82 Å². The summed E-state index contributed by atoms with van der Waals surface area (Å²) in [5.41, 5.74) is 7.10. The quantitative estimate of drug-likeness (QED) is 0.804. The molecule has 4 nitrogen and oxygen atoms in total. The van der Waals surface area contributed by atoms with E-state index in [0.717, 1.165) is 38.2 Å². The van der Waals surface area contributed by atoms with Crippen LogP contribution in [-0.2, 0) is 11.3 Å². The van der Waals surface area contributed by atoms with Crippen molar-refractivity contribution < 1.29 is 4.74 Å². The lowest BCUT2D eigenvalue weighted by Crippen LogP contribution is -2.31. The maximum absolute atomic E-state index is 5.73. The molecule has 1 aliphatic heterocycles. The van der Waals surface area contributed by atoms with Gasteiger partial charge in [0.15, 0.2) is 0 Å². The van der Waals surface area contributed by atoms with Crippen LogP contribution >= 0.6 is 0 Å². The minimum absolute atomic E-state index is 0.309. The van der Waals surface area contributed by atoms with Gasteiger partial charge in [-0.05, 0) is 25.2 Å². The maximum atomic E-state index is 5.73. The zero-order valence-corrected chi connectivity index (χ0v) is 9.49. The van der Waals surface area contributed by atoms with E-state index in [9.17, 15) is 0 Å². The fraction of sp³-hybridized carbons (Fsp3) is 0.727. The van der Waals surface area contributed by atoms with Crippen molar-refractivity contribution in [1.29, 1.82) is 0 Å². The van der Waals surface area contributed by atoms with E-state index < -0.39 is 0 Å². The van der Waals surface area contributed by atoms with Crippen LogP contribution in [0, 0.1) is 12.3 Å². The number of nitrogens with two attached hydrogens (primary N) is 1. The molecule has 1 aromatic heterocycles. The van der Waals surface area contributed by atoms with Crippen LogP contribution in [0.15, 0.2) is 6.20 Å². The number of hydrogen-bond donors (Lipinski definition) is 1. The van der Waals surface area contributed by atoms with Gasteiger partial charge in [0.2, 0.25) is 0 Å². The largest absolute Gasteiger partial charge is 0.382 e. The van der Waals surface area contributed by atoms with Crippen molar-refractivity contribution in [2.24, 2.45) is 5.41 Å². The van der Waals surface area contributed by atoms with E-state index in [1.54, 1.807) is 0 Å². The third-order valence-corrected chi connectivity index (χ3v) is 3.23. The summed E-state index contributed by atoms with van der Waals surface area (Å²) < 4.78 is 7.35. The van der Waals surface area contributed by atoms with Crippen molar-refractivity contribution in [2.45, 2.75) is 33.2 Å². The molecule has 0 radical (unpaired) electrons. The van der Waals surface area contributed by atoms with Gasteiger partial charge in [-0.2, -0.15) is 5.10 Å². The van der Waals surface area contributed by atoms with Gasteiger partial charge in [0, 0.05) is 31.5 Å². The molecule has 2 N–H and O–H groups in total. The predicted octanol–water partition coefficient (Wildman–Crippen LogP) is 1.59. The van der Waals surface area contributed by atoms with Crippen LogP contribution in [0.4, 0.5) is 5.82 Å². The lowest BCUT2D eigenvalue weighted by atomic mass is 9.82. The summed E-state index contributed by atoms with van der Waals surface area (Å²) >= 11 is 0. The van der Waals surface area contributed by atoms with Crippen LogP contribution in [0.25, 0.3) is 0 Å². The van der Waals surface area contributed by atoms with E-state index >= 15 is 0 Å². The highest BCUT2D eigenvalue weighted by molar-refractivity contribution is 5.35. The Labute approximate surface area is 90.4 Å². The monoisotopic (exact) mass is 209 g/mol. The van der Waals surface area contributed by atoms with Gasteiger partial charge in [0.05, 0.1) is 0 Å². The van der Waals surface area contributed by atoms with Crippen molar-refractivity contribution in [3.8, 4) is 0 Å². The first-order valence-corrected chi connectivity index (χ1v) is 5.46. The summed E-state index contributed by atoms with van der Waals surface area (Å²) in [6.45, 7) is 6.96. The van der Waals surface area contributed by atoms with Gasteiger partial charge in [-0.3, -0.25) is 4.68 Å². The molecule has 15 heavy (non-hydrogen) atoms. The van der Waals surface area contributed by atoms with Gasteiger partial charge in [0.1, 0.15) is 5.82 Å². The van der Waals surface area contributed by atoms with E-state index in [1.165, 1.54) is 0 Å². The number of aryl methyl sites for hydroxylation is 1. The number of nitrogens with zero attached hydrogens (tertiary/aromatic N) is 2. The number of ether oxygens (including phenoxy) is 1. The first kappa shape index (κ1) is 10.5. The van der Waals surface area contributed by atoms with E-state index in [1.807, 2.05) is 17.8 Å². The Morgan fingerprint density at radius 2 is 2.20 bits per heavy atom. The molecular formula is C11H19N3O. The molecule has 0 atom stereocenters. The third-order valence-electron chi connectivity index (χ3n) is 3.23. The summed E-state index contributed by atoms with van der Waals surface area (Å²) in [7, 11) is 0. The molecule has 1 aliphatic rings. The van der Waals surface area contributed by atoms with Crippen molar-refractivity contribution in [2.75, 3.05) is 18.9 Å². The maximum Gasteiger partial charge on any atom is 0.148 e. The summed E-state index contributed by atoms with van der Waals surface area (Å²) in [4.78, 5) is 0. The Kier molecular flexibility index (Phi) is 2.69. The second-order valence-electron chi connectivity index (χ2n) is 4.82. The molecule has 0 spiro atoms. The topological polar surface area (TPSA) is 53.1 Å². The number of anilines is 1. The zero-order valence-electron chi connectivity index (χ0n) is 9.49. The SMILES string of the molecule is Cc1cn(CC2(C)CCOCC2)nc1N. The number of nitrogen functional groups attached to an aromatic ring is 1. The lowest BCUT2D eigenvalue weighted by molar-refractivity contribution is 0.0139. The average molecular weight is 209 g/mol. The summed E-state index contributed by atoms with van der Waals surface area (Å²) in [6, 6.07) is 0. The van der Waals surface area contributed by atoms with Crippen LogP contribution in [0.5, 0.6) is 0 Å². The highest BCUT2D eigenvalue weighted by atomic mass is 16.5. The molecule has 0 bridgehead atoms. The molecule has 0 aliphatic carbocycles. The Morgan fingerprint density at radius 3 is 2.73 bits per heavy atom. The Hall–Kier alpha value is -1.03.